The Hall–Kier alpha value is -2.92. The Bertz CT molecular complexity index is 892. The number of piperidine rings is 1. The van der Waals surface area contributed by atoms with E-state index in [1.165, 1.54) is 0 Å². The first-order valence-corrected chi connectivity index (χ1v) is 10.6. The predicted octanol–water partition coefficient (Wildman–Crippen LogP) is 2.85. The van der Waals surface area contributed by atoms with Gasteiger partial charge >= 0.3 is 12.1 Å². The predicted molar refractivity (Wildman–Crippen MR) is 110 cm³/mol. The zero-order valence-corrected chi connectivity index (χ0v) is 17.8. The maximum absolute atomic E-state index is 12.5. The molecule has 4 rings (SSSR count). The Labute approximate surface area is 188 Å². The first kappa shape index (κ1) is 24.7. The molecule has 2 aliphatic rings. The number of nitrogens with one attached hydrogen (secondary N) is 1. The van der Waals surface area contributed by atoms with Gasteiger partial charge in [-0.15, -0.1) is 0 Å². The van der Waals surface area contributed by atoms with Crippen LogP contribution in [0.5, 0.6) is 0 Å². The van der Waals surface area contributed by atoms with Crippen LogP contribution in [0.2, 0.25) is 0 Å². The maximum atomic E-state index is 12.5. The van der Waals surface area contributed by atoms with Crippen LogP contribution in [0.1, 0.15) is 24.3 Å². The van der Waals surface area contributed by atoms with Crippen molar-refractivity contribution in [2.24, 2.45) is 11.8 Å². The molecule has 2 aliphatic heterocycles. The molecule has 11 heteroatoms. The summed E-state index contributed by atoms with van der Waals surface area (Å²) in [4.78, 5) is 28.2. The van der Waals surface area contributed by atoms with Gasteiger partial charge in [-0.25, -0.2) is 4.79 Å². The quantitative estimate of drug-likeness (QED) is 0.694. The summed E-state index contributed by atoms with van der Waals surface area (Å²) in [6.45, 7) is 3.79. The van der Waals surface area contributed by atoms with Gasteiger partial charge in [0.25, 0.3) is 0 Å². The van der Waals surface area contributed by atoms with E-state index in [-0.39, 0.29) is 17.9 Å². The first-order valence-electron chi connectivity index (χ1n) is 10.6. The summed E-state index contributed by atoms with van der Waals surface area (Å²) in [5.41, 5.74) is 1.09. The lowest BCUT2D eigenvalue weighted by Gasteiger charge is -2.43. The summed E-state index contributed by atoms with van der Waals surface area (Å²) in [5, 5.41) is 10.1. The number of rotatable bonds is 5. The Morgan fingerprint density at radius 1 is 1.24 bits per heavy atom. The number of aromatic nitrogens is 1. The van der Waals surface area contributed by atoms with Crippen LogP contribution in [0, 0.1) is 11.8 Å². The van der Waals surface area contributed by atoms with Crippen LogP contribution in [0.4, 0.5) is 13.2 Å². The molecule has 0 unspecified atom stereocenters. The Morgan fingerprint density at radius 2 is 2.03 bits per heavy atom. The van der Waals surface area contributed by atoms with Crippen LogP contribution in [0.3, 0.4) is 0 Å². The molecule has 2 fully saturated rings. The summed E-state index contributed by atoms with van der Waals surface area (Å²) in [6, 6.07) is 9.72. The average molecular weight is 469 g/mol. The fourth-order valence-corrected chi connectivity index (χ4v) is 3.98. The van der Waals surface area contributed by atoms with Crippen molar-refractivity contribution in [3.05, 3.63) is 54.2 Å². The molecule has 180 valence electrons. The number of pyridine rings is 1. The summed E-state index contributed by atoms with van der Waals surface area (Å²) in [7, 11) is 0. The van der Waals surface area contributed by atoms with Gasteiger partial charge in [-0.3, -0.25) is 14.7 Å². The minimum Gasteiger partial charge on any atom is -0.475 e. The molecule has 33 heavy (non-hydrogen) atoms. The minimum atomic E-state index is -5.08. The molecule has 8 nitrogen and oxygen atoms in total. The second kappa shape index (κ2) is 11.3. The van der Waals surface area contributed by atoms with E-state index in [1.54, 1.807) is 6.26 Å². The Kier molecular flexibility index (Phi) is 8.45. The van der Waals surface area contributed by atoms with Crippen LogP contribution < -0.4 is 5.32 Å². The van der Waals surface area contributed by atoms with Gasteiger partial charge in [0.1, 0.15) is 5.76 Å². The molecule has 1 amide bonds. The number of carboxylic acids is 1. The minimum absolute atomic E-state index is 0.0571. The number of carbonyl (C=O) groups excluding carboxylic acids is 1. The molecule has 0 saturated carbocycles. The molecule has 3 atom stereocenters. The molecule has 2 aromatic rings. The monoisotopic (exact) mass is 469 g/mol. The van der Waals surface area contributed by atoms with Crippen molar-refractivity contribution in [1.29, 1.82) is 0 Å². The van der Waals surface area contributed by atoms with E-state index in [1.807, 2.05) is 30.5 Å². The van der Waals surface area contributed by atoms with E-state index < -0.39 is 12.1 Å². The topological polar surface area (TPSA) is 105 Å². The van der Waals surface area contributed by atoms with Gasteiger partial charge in [0.15, 0.2) is 0 Å². The second-order valence-electron chi connectivity index (χ2n) is 8.01. The smallest absolute Gasteiger partial charge is 0.475 e. The van der Waals surface area contributed by atoms with Crippen molar-refractivity contribution in [2.75, 3.05) is 19.7 Å². The number of likely N-dealkylation sites (tertiary alicyclic amines) is 1. The number of ether oxygens (including phenoxy) is 1. The van der Waals surface area contributed by atoms with Crippen LogP contribution in [0.15, 0.2) is 47.2 Å². The lowest BCUT2D eigenvalue weighted by atomic mass is 9.83. The van der Waals surface area contributed by atoms with E-state index in [4.69, 9.17) is 19.1 Å². The number of amides is 1. The highest BCUT2D eigenvalue weighted by molar-refractivity contribution is 5.78. The van der Waals surface area contributed by atoms with E-state index in [9.17, 15) is 18.0 Å². The lowest BCUT2D eigenvalue weighted by molar-refractivity contribution is -0.192. The highest BCUT2D eigenvalue weighted by atomic mass is 19.4. The fourth-order valence-electron chi connectivity index (χ4n) is 3.98. The van der Waals surface area contributed by atoms with Gasteiger partial charge in [-0.2, -0.15) is 13.2 Å². The number of alkyl halides is 3. The van der Waals surface area contributed by atoms with Crippen molar-refractivity contribution >= 4 is 11.9 Å². The highest BCUT2D eigenvalue weighted by Gasteiger charge is 2.39. The van der Waals surface area contributed by atoms with Crippen LogP contribution in [-0.2, 0) is 27.4 Å². The van der Waals surface area contributed by atoms with Gasteiger partial charge in [0, 0.05) is 25.8 Å². The number of nitrogens with zero attached hydrogens (tertiary/aromatic N) is 2. The van der Waals surface area contributed by atoms with Crippen LogP contribution in [0.25, 0.3) is 0 Å². The van der Waals surface area contributed by atoms with Gasteiger partial charge in [-0.05, 0) is 43.0 Å². The molecule has 4 heterocycles. The number of aliphatic carboxylic acids is 1. The second-order valence-corrected chi connectivity index (χ2v) is 8.01. The van der Waals surface area contributed by atoms with Crippen LogP contribution >= 0.6 is 0 Å². The average Bonchev–Trinajstić information content (AvgIpc) is 3.31. The fraction of sp³-hybridized carbons (Fsp3) is 0.500. The van der Waals surface area contributed by atoms with E-state index in [2.05, 4.69) is 21.3 Å². The van der Waals surface area contributed by atoms with Crippen molar-refractivity contribution in [3.8, 4) is 0 Å². The summed E-state index contributed by atoms with van der Waals surface area (Å²) < 4.78 is 43.0. The molecule has 2 aromatic heterocycles. The Balaban J connectivity index is 0.000000383. The number of hydrogen-bond donors (Lipinski definition) is 2. The third kappa shape index (κ3) is 7.57. The van der Waals surface area contributed by atoms with Crippen molar-refractivity contribution in [2.45, 2.75) is 38.2 Å². The number of carbonyl (C=O) groups is 2. The van der Waals surface area contributed by atoms with E-state index in [0.717, 1.165) is 43.9 Å². The molecule has 0 radical (unpaired) electrons. The Morgan fingerprint density at radius 3 is 2.67 bits per heavy atom. The number of furan rings is 1. The third-order valence-corrected chi connectivity index (χ3v) is 5.59. The summed E-state index contributed by atoms with van der Waals surface area (Å²) in [5.74, 6) is -1.61. The standard InChI is InChI=1S/C20H25N3O3.C2HF3O2/c24-20(22-11-18-5-3-9-25-18)16-10-15-12-23(8-6-19(15)26-14-16)13-17-4-1-2-7-21-17;3-2(4,5)1(6)7/h1-5,7,9,15-16,19H,6,8,10-14H2,(H,22,24);(H,6,7)/t15-,16-,19+;/m1./s1. The molecule has 0 aromatic carbocycles. The van der Waals surface area contributed by atoms with E-state index >= 15 is 0 Å². The van der Waals surface area contributed by atoms with Gasteiger partial charge in [0.2, 0.25) is 5.91 Å². The molecule has 2 N–H and O–H groups in total. The van der Waals surface area contributed by atoms with Gasteiger partial charge < -0.3 is 19.6 Å². The lowest BCUT2D eigenvalue weighted by Crippen LogP contribution is -2.50. The van der Waals surface area contributed by atoms with Gasteiger partial charge in [0.05, 0.1) is 37.1 Å². The molecular weight excluding hydrogens is 443 g/mol. The van der Waals surface area contributed by atoms with Crippen molar-refractivity contribution in [1.82, 2.24) is 15.2 Å². The normalized spacial score (nSPS) is 23.1. The molecule has 2 saturated heterocycles. The molecule has 0 spiro atoms. The number of hydrogen-bond acceptors (Lipinski definition) is 6. The molecular formula is C22H26F3N3O5. The van der Waals surface area contributed by atoms with Gasteiger partial charge in [-0.1, -0.05) is 6.07 Å². The molecule has 0 bridgehead atoms. The number of fused-ring (bicyclic) bond motifs is 1. The van der Waals surface area contributed by atoms with Crippen molar-refractivity contribution in [3.63, 3.8) is 0 Å². The SMILES string of the molecule is O=C(NCc1ccco1)[C@H]1CO[C@H]2CCN(Cc3ccccn3)C[C@H]2C1.O=C(O)C(F)(F)F. The highest BCUT2D eigenvalue weighted by Crippen LogP contribution is 2.32. The number of carboxylic acid groups (broad SMARTS) is 1. The number of halogens is 3. The van der Waals surface area contributed by atoms with Crippen LogP contribution in [-0.4, -0.2) is 58.8 Å². The van der Waals surface area contributed by atoms with E-state index in [0.29, 0.717) is 19.1 Å². The maximum Gasteiger partial charge on any atom is 0.490 e. The van der Waals surface area contributed by atoms with Crippen molar-refractivity contribution < 1.29 is 37.0 Å². The summed E-state index contributed by atoms with van der Waals surface area (Å²) >= 11 is 0. The zero-order valence-electron chi connectivity index (χ0n) is 17.8. The largest absolute Gasteiger partial charge is 0.490 e. The third-order valence-electron chi connectivity index (χ3n) is 5.59. The molecule has 0 aliphatic carbocycles. The summed E-state index contributed by atoms with van der Waals surface area (Å²) in [6.07, 6.45) is 0.564. The zero-order chi connectivity index (χ0) is 23.8. The first-order chi connectivity index (χ1) is 15.7.